The minimum Gasteiger partial charge on any atom is -0.467 e. The summed E-state index contributed by atoms with van der Waals surface area (Å²) in [5.41, 5.74) is 3.65. The van der Waals surface area contributed by atoms with Crippen LogP contribution in [0.25, 0.3) is 0 Å². The third kappa shape index (κ3) is 3.20. The van der Waals surface area contributed by atoms with Crippen LogP contribution in [0, 0.1) is 6.92 Å². The van der Waals surface area contributed by atoms with Crippen LogP contribution in [0.15, 0.2) is 41.0 Å². The van der Waals surface area contributed by atoms with Gasteiger partial charge in [-0.15, -0.1) is 0 Å². The molecular formula is C14H15F3N2O. The van der Waals surface area contributed by atoms with E-state index in [0.29, 0.717) is 12.2 Å². The minimum atomic E-state index is -4.32. The second-order valence-corrected chi connectivity index (χ2v) is 4.59. The maximum Gasteiger partial charge on any atom is 0.416 e. The standard InChI is InChI=1S/C14H15F3N2O/c1-9-6-7-20-13(9)12(19-18)8-10-2-4-11(5-3-10)14(15,16)17/h2-7,12,19H,8,18H2,1H3. The number of hydrazine groups is 1. The molecule has 0 aliphatic rings. The predicted octanol–water partition coefficient (Wildman–Crippen LogP) is 3.35. The summed E-state index contributed by atoms with van der Waals surface area (Å²) in [4.78, 5) is 0. The van der Waals surface area contributed by atoms with Crippen molar-refractivity contribution in [3.63, 3.8) is 0 Å². The van der Waals surface area contributed by atoms with E-state index in [1.54, 1.807) is 6.26 Å². The first kappa shape index (κ1) is 14.6. The molecule has 2 rings (SSSR count). The van der Waals surface area contributed by atoms with Crippen LogP contribution < -0.4 is 11.3 Å². The lowest BCUT2D eigenvalue weighted by Crippen LogP contribution is -2.29. The van der Waals surface area contributed by atoms with E-state index in [1.165, 1.54) is 12.1 Å². The van der Waals surface area contributed by atoms with Gasteiger partial charge in [-0.1, -0.05) is 12.1 Å². The molecule has 0 saturated carbocycles. The van der Waals surface area contributed by atoms with Crippen LogP contribution in [0.4, 0.5) is 13.2 Å². The summed E-state index contributed by atoms with van der Waals surface area (Å²) in [6.45, 7) is 1.88. The van der Waals surface area contributed by atoms with E-state index in [2.05, 4.69) is 5.43 Å². The molecule has 0 aliphatic carbocycles. The largest absolute Gasteiger partial charge is 0.467 e. The van der Waals surface area contributed by atoms with Crippen LogP contribution in [0.1, 0.15) is 28.5 Å². The first-order chi connectivity index (χ1) is 9.41. The topological polar surface area (TPSA) is 51.2 Å². The lowest BCUT2D eigenvalue weighted by atomic mass is 10.0. The van der Waals surface area contributed by atoms with Crippen LogP contribution in [0.3, 0.4) is 0 Å². The van der Waals surface area contributed by atoms with Gasteiger partial charge in [-0.05, 0) is 42.7 Å². The lowest BCUT2D eigenvalue weighted by molar-refractivity contribution is -0.137. The summed E-state index contributed by atoms with van der Waals surface area (Å²) in [6.07, 6.45) is -2.31. The van der Waals surface area contributed by atoms with E-state index in [9.17, 15) is 13.2 Å². The van der Waals surface area contributed by atoms with Gasteiger partial charge >= 0.3 is 6.18 Å². The fourth-order valence-electron chi connectivity index (χ4n) is 2.03. The molecule has 1 atom stereocenters. The van der Waals surface area contributed by atoms with Crippen LogP contribution >= 0.6 is 0 Å². The van der Waals surface area contributed by atoms with E-state index >= 15 is 0 Å². The number of hydrogen-bond acceptors (Lipinski definition) is 3. The Bertz CT molecular complexity index is 561. The third-order valence-electron chi connectivity index (χ3n) is 3.14. The monoisotopic (exact) mass is 284 g/mol. The van der Waals surface area contributed by atoms with Gasteiger partial charge in [0.1, 0.15) is 5.76 Å². The first-order valence-corrected chi connectivity index (χ1v) is 6.08. The van der Waals surface area contributed by atoms with Crippen LogP contribution in [0.5, 0.6) is 0 Å². The highest BCUT2D eigenvalue weighted by Crippen LogP contribution is 2.30. The molecule has 0 saturated heterocycles. The van der Waals surface area contributed by atoms with Crippen LogP contribution in [0.2, 0.25) is 0 Å². The molecule has 1 aromatic heterocycles. The summed E-state index contributed by atoms with van der Waals surface area (Å²) in [5, 5.41) is 0. The molecule has 1 unspecified atom stereocenters. The number of rotatable bonds is 4. The number of alkyl halides is 3. The number of benzene rings is 1. The number of furan rings is 1. The number of nitrogens with one attached hydrogen (secondary N) is 1. The van der Waals surface area contributed by atoms with Crippen molar-refractivity contribution < 1.29 is 17.6 Å². The Labute approximate surface area is 114 Å². The molecule has 0 fully saturated rings. The zero-order chi connectivity index (χ0) is 14.8. The molecule has 20 heavy (non-hydrogen) atoms. The molecule has 1 aromatic carbocycles. The van der Waals surface area contributed by atoms with Crippen LogP contribution in [-0.2, 0) is 12.6 Å². The second-order valence-electron chi connectivity index (χ2n) is 4.59. The summed E-state index contributed by atoms with van der Waals surface area (Å²) in [6, 6.07) is 6.57. The number of hydrogen-bond donors (Lipinski definition) is 2. The molecule has 0 spiro atoms. The van der Waals surface area contributed by atoms with Crippen molar-refractivity contribution in [1.82, 2.24) is 5.43 Å². The van der Waals surface area contributed by atoms with E-state index in [1.807, 2.05) is 13.0 Å². The summed E-state index contributed by atoms with van der Waals surface area (Å²) in [5.74, 6) is 6.18. The van der Waals surface area contributed by atoms with Gasteiger partial charge in [0.2, 0.25) is 0 Å². The smallest absolute Gasteiger partial charge is 0.416 e. The third-order valence-corrected chi connectivity index (χ3v) is 3.14. The highest BCUT2D eigenvalue weighted by Gasteiger charge is 2.30. The molecule has 2 aromatic rings. The lowest BCUT2D eigenvalue weighted by Gasteiger charge is -2.15. The Kier molecular flexibility index (Phi) is 4.15. The Balaban J connectivity index is 2.15. The highest BCUT2D eigenvalue weighted by molar-refractivity contribution is 5.27. The normalized spacial score (nSPS) is 13.4. The zero-order valence-electron chi connectivity index (χ0n) is 10.9. The van der Waals surface area contributed by atoms with Crippen molar-refractivity contribution in [2.24, 2.45) is 5.84 Å². The van der Waals surface area contributed by atoms with Gasteiger partial charge in [-0.25, -0.2) is 5.43 Å². The molecule has 1 heterocycles. The number of halogens is 3. The molecule has 0 amide bonds. The van der Waals surface area contributed by atoms with Gasteiger partial charge in [0, 0.05) is 0 Å². The molecule has 0 bridgehead atoms. The fourth-order valence-corrected chi connectivity index (χ4v) is 2.03. The summed E-state index contributed by atoms with van der Waals surface area (Å²) in [7, 11) is 0. The van der Waals surface area contributed by atoms with Crippen molar-refractivity contribution in [1.29, 1.82) is 0 Å². The van der Waals surface area contributed by atoms with Crippen molar-refractivity contribution in [3.8, 4) is 0 Å². The maximum absolute atomic E-state index is 12.5. The Hall–Kier alpha value is -1.79. The average Bonchev–Trinajstić information content (AvgIpc) is 2.82. The Morgan fingerprint density at radius 1 is 1.20 bits per heavy atom. The number of nitrogens with two attached hydrogens (primary N) is 1. The van der Waals surface area contributed by atoms with Crippen molar-refractivity contribution in [3.05, 3.63) is 59.0 Å². The van der Waals surface area contributed by atoms with Gasteiger partial charge in [-0.2, -0.15) is 13.2 Å². The van der Waals surface area contributed by atoms with Crippen molar-refractivity contribution in [2.75, 3.05) is 0 Å². The van der Waals surface area contributed by atoms with Crippen molar-refractivity contribution >= 4 is 0 Å². The van der Waals surface area contributed by atoms with Crippen molar-refractivity contribution in [2.45, 2.75) is 25.6 Å². The van der Waals surface area contributed by atoms with Crippen LogP contribution in [-0.4, -0.2) is 0 Å². The number of aryl methyl sites for hydroxylation is 1. The van der Waals surface area contributed by atoms with Gasteiger partial charge in [0.15, 0.2) is 0 Å². The molecule has 3 nitrogen and oxygen atoms in total. The summed E-state index contributed by atoms with van der Waals surface area (Å²) >= 11 is 0. The molecule has 3 N–H and O–H groups in total. The summed E-state index contributed by atoms with van der Waals surface area (Å²) < 4.78 is 42.8. The fraction of sp³-hybridized carbons (Fsp3) is 0.286. The van der Waals surface area contributed by atoms with Gasteiger partial charge in [0.25, 0.3) is 0 Å². The molecular weight excluding hydrogens is 269 g/mol. The second kappa shape index (κ2) is 5.68. The molecule has 6 heteroatoms. The molecule has 0 aliphatic heterocycles. The molecule has 0 radical (unpaired) electrons. The minimum absolute atomic E-state index is 0.276. The maximum atomic E-state index is 12.5. The van der Waals surface area contributed by atoms with Gasteiger partial charge in [0.05, 0.1) is 17.9 Å². The van der Waals surface area contributed by atoms with E-state index < -0.39 is 11.7 Å². The first-order valence-electron chi connectivity index (χ1n) is 6.08. The van der Waals surface area contributed by atoms with Gasteiger partial charge < -0.3 is 4.42 Å². The zero-order valence-corrected chi connectivity index (χ0v) is 10.9. The van der Waals surface area contributed by atoms with Gasteiger partial charge in [-0.3, -0.25) is 5.84 Å². The highest BCUT2D eigenvalue weighted by atomic mass is 19.4. The Morgan fingerprint density at radius 2 is 1.85 bits per heavy atom. The Morgan fingerprint density at radius 3 is 2.30 bits per heavy atom. The average molecular weight is 284 g/mol. The molecule has 108 valence electrons. The van der Waals surface area contributed by atoms with E-state index in [-0.39, 0.29) is 6.04 Å². The van der Waals surface area contributed by atoms with E-state index in [4.69, 9.17) is 10.3 Å². The predicted molar refractivity (Wildman–Crippen MR) is 68.7 cm³/mol. The quantitative estimate of drug-likeness (QED) is 0.668. The SMILES string of the molecule is Cc1ccoc1C(Cc1ccc(C(F)(F)F)cc1)NN. The van der Waals surface area contributed by atoms with E-state index in [0.717, 1.165) is 23.3 Å².